The second-order valence-electron chi connectivity index (χ2n) is 4.73. The van der Waals surface area contributed by atoms with Crippen LogP contribution < -0.4 is 5.56 Å². The number of aromatic amines is 1. The van der Waals surface area contributed by atoms with E-state index < -0.39 is 11.2 Å². The van der Waals surface area contributed by atoms with Gasteiger partial charge < -0.3 is 4.98 Å². The maximum absolute atomic E-state index is 12.6. The lowest BCUT2D eigenvalue weighted by Crippen LogP contribution is -2.15. The SMILES string of the molecule is Cc1c(-c2cnc(C(F)(F)F)s2)nc(C2CC2)[nH]c1=O. The first-order valence-corrected chi connectivity index (χ1v) is 6.82. The van der Waals surface area contributed by atoms with Gasteiger partial charge in [-0.15, -0.1) is 11.3 Å². The molecule has 0 saturated heterocycles. The molecule has 0 bridgehead atoms. The average molecular weight is 301 g/mol. The lowest BCUT2D eigenvalue weighted by Gasteiger charge is -2.04. The van der Waals surface area contributed by atoms with Crippen molar-refractivity contribution in [3.63, 3.8) is 0 Å². The molecule has 3 rings (SSSR count). The average Bonchev–Trinajstić information content (AvgIpc) is 3.08. The van der Waals surface area contributed by atoms with Crippen molar-refractivity contribution >= 4 is 11.3 Å². The summed E-state index contributed by atoms with van der Waals surface area (Å²) in [6, 6.07) is 0. The van der Waals surface area contributed by atoms with Gasteiger partial charge in [-0.1, -0.05) is 0 Å². The van der Waals surface area contributed by atoms with Crippen molar-refractivity contribution in [3.05, 3.63) is 32.9 Å². The molecule has 4 nitrogen and oxygen atoms in total. The van der Waals surface area contributed by atoms with E-state index in [9.17, 15) is 18.0 Å². The summed E-state index contributed by atoms with van der Waals surface area (Å²) in [6.07, 6.45) is -1.46. The van der Waals surface area contributed by atoms with E-state index in [1.54, 1.807) is 6.92 Å². The third kappa shape index (κ3) is 2.35. The minimum Gasteiger partial charge on any atom is -0.310 e. The Morgan fingerprint density at radius 2 is 2.10 bits per heavy atom. The van der Waals surface area contributed by atoms with Crippen LogP contribution in [0.25, 0.3) is 10.6 Å². The predicted octanol–water partition coefficient (Wildman–Crippen LogP) is 3.10. The van der Waals surface area contributed by atoms with Crippen molar-refractivity contribution < 1.29 is 13.2 Å². The van der Waals surface area contributed by atoms with E-state index >= 15 is 0 Å². The van der Waals surface area contributed by atoms with Crippen LogP contribution in [0.3, 0.4) is 0 Å². The zero-order valence-corrected chi connectivity index (χ0v) is 11.2. The summed E-state index contributed by atoms with van der Waals surface area (Å²) in [4.78, 5) is 22.5. The molecule has 0 amide bonds. The van der Waals surface area contributed by atoms with Crippen LogP contribution in [-0.2, 0) is 6.18 Å². The van der Waals surface area contributed by atoms with Crippen molar-refractivity contribution in [2.24, 2.45) is 0 Å². The molecule has 2 heterocycles. The summed E-state index contributed by atoms with van der Waals surface area (Å²) in [7, 11) is 0. The van der Waals surface area contributed by atoms with Gasteiger partial charge in [0, 0.05) is 17.7 Å². The number of halogens is 3. The monoisotopic (exact) mass is 301 g/mol. The Kier molecular flexibility index (Phi) is 2.93. The van der Waals surface area contributed by atoms with Crippen molar-refractivity contribution in [1.82, 2.24) is 15.0 Å². The van der Waals surface area contributed by atoms with E-state index in [0.717, 1.165) is 19.0 Å². The molecule has 1 fully saturated rings. The largest absolute Gasteiger partial charge is 0.443 e. The van der Waals surface area contributed by atoms with Gasteiger partial charge in [-0.3, -0.25) is 4.79 Å². The summed E-state index contributed by atoms with van der Waals surface area (Å²) >= 11 is 0.505. The van der Waals surface area contributed by atoms with E-state index in [-0.39, 0.29) is 16.4 Å². The minimum absolute atomic E-state index is 0.219. The van der Waals surface area contributed by atoms with Crippen LogP contribution >= 0.6 is 11.3 Å². The third-order valence-corrected chi connectivity index (χ3v) is 4.16. The van der Waals surface area contributed by atoms with Gasteiger partial charge in [0.25, 0.3) is 5.56 Å². The molecule has 0 aromatic carbocycles. The molecule has 1 N–H and O–H groups in total. The van der Waals surface area contributed by atoms with Gasteiger partial charge >= 0.3 is 6.18 Å². The van der Waals surface area contributed by atoms with Crippen molar-refractivity contribution in [2.45, 2.75) is 31.9 Å². The molecule has 0 aliphatic heterocycles. The zero-order valence-electron chi connectivity index (χ0n) is 10.4. The molecular formula is C12H10F3N3OS. The summed E-state index contributed by atoms with van der Waals surface area (Å²) in [5.74, 6) is 0.773. The molecule has 106 valence electrons. The first-order valence-electron chi connectivity index (χ1n) is 6.00. The number of aromatic nitrogens is 3. The molecule has 0 atom stereocenters. The number of thiazole rings is 1. The van der Waals surface area contributed by atoms with Crippen molar-refractivity contribution in [3.8, 4) is 10.6 Å². The van der Waals surface area contributed by atoms with E-state index in [0.29, 0.717) is 28.4 Å². The molecule has 0 spiro atoms. The zero-order chi connectivity index (χ0) is 14.5. The van der Waals surface area contributed by atoms with Crippen molar-refractivity contribution in [2.75, 3.05) is 0 Å². The van der Waals surface area contributed by atoms with Crippen LogP contribution in [-0.4, -0.2) is 15.0 Å². The van der Waals surface area contributed by atoms with Gasteiger partial charge in [-0.25, -0.2) is 9.97 Å². The number of hydrogen-bond acceptors (Lipinski definition) is 4. The summed E-state index contributed by atoms with van der Waals surface area (Å²) < 4.78 is 37.7. The number of rotatable bonds is 2. The van der Waals surface area contributed by atoms with Gasteiger partial charge in [0.05, 0.1) is 10.6 Å². The molecule has 0 radical (unpaired) electrons. The topological polar surface area (TPSA) is 58.6 Å². The van der Waals surface area contributed by atoms with E-state index in [1.807, 2.05) is 0 Å². The second-order valence-corrected chi connectivity index (χ2v) is 5.76. The van der Waals surface area contributed by atoms with Gasteiger partial charge in [0.1, 0.15) is 5.82 Å². The highest BCUT2D eigenvalue weighted by Crippen LogP contribution is 2.40. The van der Waals surface area contributed by atoms with Gasteiger partial charge in [0.15, 0.2) is 5.01 Å². The maximum atomic E-state index is 12.6. The Hall–Kier alpha value is -1.70. The highest BCUT2D eigenvalue weighted by molar-refractivity contribution is 7.15. The first-order chi connectivity index (χ1) is 9.36. The van der Waals surface area contributed by atoms with Crippen LogP contribution in [0.4, 0.5) is 13.2 Å². The summed E-state index contributed by atoms with van der Waals surface area (Å²) in [6.45, 7) is 1.55. The highest BCUT2D eigenvalue weighted by atomic mass is 32.1. The number of hydrogen-bond donors (Lipinski definition) is 1. The van der Waals surface area contributed by atoms with Crippen LogP contribution in [0.5, 0.6) is 0 Å². The minimum atomic E-state index is -4.47. The molecule has 1 aliphatic carbocycles. The molecule has 20 heavy (non-hydrogen) atoms. The number of nitrogens with one attached hydrogen (secondary N) is 1. The Morgan fingerprint density at radius 1 is 1.40 bits per heavy atom. The van der Waals surface area contributed by atoms with E-state index in [2.05, 4.69) is 15.0 Å². The number of H-pyrrole nitrogens is 1. The molecular weight excluding hydrogens is 291 g/mol. The standard InChI is InChI=1S/C12H10F3N3OS/c1-5-8(7-4-16-11(20-7)12(13,14)15)17-9(6-2-3-6)18-10(5)19/h4,6H,2-3H2,1H3,(H,17,18,19). The predicted molar refractivity (Wildman–Crippen MR) is 67.7 cm³/mol. The van der Waals surface area contributed by atoms with Gasteiger partial charge in [0.2, 0.25) is 0 Å². The summed E-state index contributed by atoms with van der Waals surface area (Å²) in [5.41, 5.74) is 0.300. The van der Waals surface area contributed by atoms with E-state index in [1.165, 1.54) is 0 Å². The van der Waals surface area contributed by atoms with Gasteiger partial charge in [-0.2, -0.15) is 13.2 Å². The third-order valence-electron chi connectivity index (χ3n) is 3.12. The highest BCUT2D eigenvalue weighted by Gasteiger charge is 2.35. The Balaban J connectivity index is 2.09. The summed E-state index contributed by atoms with van der Waals surface area (Å²) in [5, 5.41) is -0.929. The number of nitrogens with zero attached hydrogens (tertiary/aromatic N) is 2. The first kappa shape index (κ1) is 13.3. The molecule has 8 heteroatoms. The smallest absolute Gasteiger partial charge is 0.310 e. The Morgan fingerprint density at radius 3 is 2.65 bits per heavy atom. The van der Waals surface area contributed by atoms with Crippen LogP contribution in [0.1, 0.15) is 35.2 Å². The fraction of sp³-hybridized carbons (Fsp3) is 0.417. The van der Waals surface area contributed by atoms with Crippen LogP contribution in [0, 0.1) is 6.92 Å². The fourth-order valence-electron chi connectivity index (χ4n) is 1.85. The Bertz CT molecular complexity index is 715. The number of alkyl halides is 3. The lowest BCUT2D eigenvalue weighted by molar-refractivity contribution is -0.137. The quantitative estimate of drug-likeness (QED) is 0.927. The maximum Gasteiger partial charge on any atom is 0.443 e. The lowest BCUT2D eigenvalue weighted by atomic mass is 10.2. The van der Waals surface area contributed by atoms with Crippen LogP contribution in [0.15, 0.2) is 11.0 Å². The van der Waals surface area contributed by atoms with Crippen molar-refractivity contribution in [1.29, 1.82) is 0 Å². The molecule has 2 aromatic heterocycles. The Labute approximate surface area is 115 Å². The molecule has 0 unspecified atom stereocenters. The molecule has 1 saturated carbocycles. The second kappa shape index (κ2) is 4.41. The normalized spacial score (nSPS) is 15.6. The van der Waals surface area contributed by atoms with Gasteiger partial charge in [-0.05, 0) is 19.8 Å². The fourth-order valence-corrected chi connectivity index (χ4v) is 2.68. The van der Waals surface area contributed by atoms with E-state index in [4.69, 9.17) is 0 Å². The molecule has 1 aliphatic rings. The molecule has 2 aromatic rings. The van der Waals surface area contributed by atoms with Crippen LogP contribution in [0.2, 0.25) is 0 Å².